The monoisotopic (exact) mass is 278 g/mol. The highest BCUT2D eigenvalue weighted by Crippen LogP contribution is 2.15. The van der Waals surface area contributed by atoms with E-state index >= 15 is 0 Å². The molecule has 0 aliphatic carbocycles. The van der Waals surface area contributed by atoms with Crippen molar-refractivity contribution in [3.05, 3.63) is 29.8 Å². The van der Waals surface area contributed by atoms with Gasteiger partial charge in [-0.2, -0.15) is 0 Å². The number of hydrogen-bond donors (Lipinski definition) is 3. The predicted octanol–water partition coefficient (Wildman–Crippen LogP) is 2.79. The first kappa shape index (κ1) is 16.5. The van der Waals surface area contributed by atoms with Gasteiger partial charge in [0.25, 0.3) is 5.91 Å². The van der Waals surface area contributed by atoms with E-state index in [-0.39, 0.29) is 18.6 Å². The van der Waals surface area contributed by atoms with Crippen molar-refractivity contribution in [3.63, 3.8) is 0 Å². The van der Waals surface area contributed by atoms with Crippen LogP contribution in [0.2, 0.25) is 0 Å². The normalized spacial score (nSPS) is 11.9. The summed E-state index contributed by atoms with van der Waals surface area (Å²) in [6.45, 7) is 5.11. The molecule has 20 heavy (non-hydrogen) atoms. The van der Waals surface area contributed by atoms with Crippen LogP contribution in [0.1, 0.15) is 49.9 Å². The van der Waals surface area contributed by atoms with E-state index in [1.807, 2.05) is 31.2 Å². The van der Waals surface area contributed by atoms with E-state index in [4.69, 9.17) is 5.11 Å². The molecular formula is C16H26N2O2. The third-order valence-electron chi connectivity index (χ3n) is 3.32. The van der Waals surface area contributed by atoms with Crippen LogP contribution >= 0.6 is 0 Å². The average Bonchev–Trinajstić information content (AvgIpc) is 2.47. The number of amides is 1. The van der Waals surface area contributed by atoms with Crippen molar-refractivity contribution >= 4 is 11.6 Å². The summed E-state index contributed by atoms with van der Waals surface area (Å²) >= 11 is 0. The molecule has 112 valence electrons. The molecule has 0 aromatic heterocycles. The van der Waals surface area contributed by atoms with Crippen LogP contribution in [0.15, 0.2) is 24.3 Å². The first-order chi connectivity index (χ1) is 9.72. The third-order valence-corrected chi connectivity index (χ3v) is 3.32. The fraction of sp³-hybridized carbons (Fsp3) is 0.562. The van der Waals surface area contributed by atoms with Gasteiger partial charge in [0.05, 0.1) is 5.56 Å². The second-order valence-corrected chi connectivity index (χ2v) is 4.92. The quantitative estimate of drug-likeness (QED) is 0.609. The summed E-state index contributed by atoms with van der Waals surface area (Å²) in [5.41, 5.74) is 1.54. The molecule has 4 nitrogen and oxygen atoms in total. The zero-order valence-corrected chi connectivity index (χ0v) is 12.5. The number of para-hydroxylation sites is 1. The van der Waals surface area contributed by atoms with Crippen molar-refractivity contribution in [1.29, 1.82) is 0 Å². The van der Waals surface area contributed by atoms with Crippen LogP contribution in [0.5, 0.6) is 0 Å². The Labute approximate surface area is 121 Å². The van der Waals surface area contributed by atoms with Crippen molar-refractivity contribution in [2.24, 2.45) is 0 Å². The minimum Gasteiger partial charge on any atom is -0.396 e. The molecule has 1 rings (SSSR count). The Morgan fingerprint density at radius 3 is 2.70 bits per heavy atom. The van der Waals surface area contributed by atoms with Crippen LogP contribution in [-0.4, -0.2) is 30.2 Å². The zero-order chi connectivity index (χ0) is 14.8. The molecule has 0 radical (unpaired) electrons. The zero-order valence-electron chi connectivity index (χ0n) is 12.5. The molecule has 1 aromatic rings. The number of benzene rings is 1. The highest BCUT2D eigenvalue weighted by atomic mass is 16.3. The van der Waals surface area contributed by atoms with E-state index in [9.17, 15) is 4.79 Å². The topological polar surface area (TPSA) is 61.4 Å². The molecule has 4 heteroatoms. The Morgan fingerprint density at radius 1 is 1.30 bits per heavy atom. The number of aliphatic hydroxyl groups is 1. The number of carbonyl (C=O) groups excluding carboxylic acids is 1. The maximum atomic E-state index is 12.3. The van der Waals surface area contributed by atoms with Crippen molar-refractivity contribution in [2.75, 3.05) is 18.5 Å². The van der Waals surface area contributed by atoms with Gasteiger partial charge >= 0.3 is 0 Å². The van der Waals surface area contributed by atoms with Gasteiger partial charge in [0.2, 0.25) is 0 Å². The summed E-state index contributed by atoms with van der Waals surface area (Å²) < 4.78 is 0. The van der Waals surface area contributed by atoms with Gasteiger partial charge in [-0.1, -0.05) is 32.4 Å². The molecule has 0 fully saturated rings. The van der Waals surface area contributed by atoms with E-state index < -0.39 is 0 Å². The summed E-state index contributed by atoms with van der Waals surface area (Å²) in [6.07, 6.45) is 3.61. The number of unbranched alkanes of at least 4 members (excludes halogenated alkanes) is 1. The highest BCUT2D eigenvalue weighted by molar-refractivity contribution is 5.99. The minimum absolute atomic E-state index is 0.0243. The maximum Gasteiger partial charge on any atom is 0.253 e. The standard InChI is InChI=1S/C16H26N2O2/c1-3-5-11-17-15-9-7-6-8-14(15)16(20)18-13(4-2)10-12-19/h6-9,13,17,19H,3-5,10-12H2,1-2H3,(H,18,20). The molecule has 0 spiro atoms. The van der Waals surface area contributed by atoms with E-state index in [1.165, 1.54) is 0 Å². The van der Waals surface area contributed by atoms with Crippen LogP contribution in [0.3, 0.4) is 0 Å². The number of rotatable bonds is 9. The van der Waals surface area contributed by atoms with Crippen LogP contribution in [0.4, 0.5) is 5.69 Å². The summed E-state index contributed by atoms with van der Waals surface area (Å²) in [4.78, 5) is 12.3. The van der Waals surface area contributed by atoms with E-state index in [1.54, 1.807) is 0 Å². The summed E-state index contributed by atoms with van der Waals surface area (Å²) in [7, 11) is 0. The van der Waals surface area contributed by atoms with Crippen molar-refractivity contribution in [2.45, 2.75) is 45.6 Å². The highest BCUT2D eigenvalue weighted by Gasteiger charge is 2.14. The SMILES string of the molecule is CCCCNc1ccccc1C(=O)NC(CC)CCO. The summed E-state index contributed by atoms with van der Waals surface area (Å²) in [5, 5.41) is 15.3. The van der Waals surface area contributed by atoms with Gasteiger partial charge in [0.15, 0.2) is 0 Å². The predicted molar refractivity (Wildman–Crippen MR) is 83.1 cm³/mol. The molecule has 0 saturated carbocycles. The van der Waals surface area contributed by atoms with Gasteiger partial charge in [-0.05, 0) is 31.4 Å². The molecule has 1 atom stereocenters. The molecule has 0 aliphatic rings. The first-order valence-corrected chi connectivity index (χ1v) is 7.47. The van der Waals surface area contributed by atoms with Crippen LogP contribution in [0.25, 0.3) is 0 Å². The minimum atomic E-state index is -0.0788. The second-order valence-electron chi connectivity index (χ2n) is 4.92. The van der Waals surface area contributed by atoms with Crippen molar-refractivity contribution < 1.29 is 9.90 Å². The molecule has 0 saturated heterocycles. The lowest BCUT2D eigenvalue weighted by Gasteiger charge is -2.17. The fourth-order valence-electron chi connectivity index (χ4n) is 2.03. The van der Waals surface area contributed by atoms with Gasteiger partial charge in [0, 0.05) is 24.9 Å². The van der Waals surface area contributed by atoms with E-state index in [2.05, 4.69) is 17.6 Å². The Bertz CT molecular complexity index is 407. The summed E-state index contributed by atoms with van der Waals surface area (Å²) in [6, 6.07) is 7.58. The fourth-order valence-corrected chi connectivity index (χ4v) is 2.03. The Balaban J connectivity index is 2.71. The Morgan fingerprint density at radius 2 is 2.05 bits per heavy atom. The number of carbonyl (C=O) groups is 1. The largest absolute Gasteiger partial charge is 0.396 e. The van der Waals surface area contributed by atoms with Crippen molar-refractivity contribution in [1.82, 2.24) is 5.32 Å². The summed E-state index contributed by atoms with van der Waals surface area (Å²) in [5.74, 6) is -0.0788. The number of hydrogen-bond acceptors (Lipinski definition) is 3. The lowest BCUT2D eigenvalue weighted by atomic mass is 10.1. The average molecular weight is 278 g/mol. The molecule has 0 aliphatic heterocycles. The van der Waals surface area contributed by atoms with E-state index in [0.717, 1.165) is 31.5 Å². The molecule has 1 unspecified atom stereocenters. The molecule has 0 bridgehead atoms. The Hall–Kier alpha value is -1.55. The Kier molecular flexibility index (Phi) is 7.73. The number of aliphatic hydroxyl groups excluding tert-OH is 1. The lowest BCUT2D eigenvalue weighted by molar-refractivity contribution is 0.0930. The molecular weight excluding hydrogens is 252 g/mol. The first-order valence-electron chi connectivity index (χ1n) is 7.47. The number of anilines is 1. The van der Waals surface area contributed by atoms with Crippen LogP contribution in [-0.2, 0) is 0 Å². The second kappa shape index (κ2) is 9.37. The van der Waals surface area contributed by atoms with Gasteiger partial charge in [-0.15, -0.1) is 0 Å². The lowest BCUT2D eigenvalue weighted by Crippen LogP contribution is -2.35. The third kappa shape index (κ3) is 5.21. The number of nitrogens with one attached hydrogen (secondary N) is 2. The van der Waals surface area contributed by atoms with Gasteiger partial charge in [-0.25, -0.2) is 0 Å². The smallest absolute Gasteiger partial charge is 0.253 e. The molecule has 3 N–H and O–H groups in total. The van der Waals surface area contributed by atoms with Gasteiger partial charge in [0.1, 0.15) is 0 Å². The van der Waals surface area contributed by atoms with Crippen molar-refractivity contribution in [3.8, 4) is 0 Å². The molecule has 1 aromatic carbocycles. The van der Waals surface area contributed by atoms with Crippen LogP contribution in [0, 0.1) is 0 Å². The molecule has 0 heterocycles. The molecule has 1 amide bonds. The van der Waals surface area contributed by atoms with Crippen LogP contribution < -0.4 is 10.6 Å². The van der Waals surface area contributed by atoms with E-state index in [0.29, 0.717) is 12.0 Å². The van der Waals surface area contributed by atoms with Gasteiger partial charge in [-0.3, -0.25) is 4.79 Å². The van der Waals surface area contributed by atoms with Gasteiger partial charge < -0.3 is 15.7 Å². The maximum absolute atomic E-state index is 12.3.